The number of esters is 3. The van der Waals surface area contributed by atoms with Gasteiger partial charge >= 0.3 is 17.9 Å². The quantitative estimate of drug-likeness (QED) is 0.274. The van der Waals surface area contributed by atoms with Crippen LogP contribution in [0.2, 0.25) is 0 Å². The van der Waals surface area contributed by atoms with Crippen molar-refractivity contribution in [2.75, 3.05) is 13.7 Å². The van der Waals surface area contributed by atoms with Crippen LogP contribution in [0, 0.1) is 0 Å². The third kappa shape index (κ3) is 8.12. The van der Waals surface area contributed by atoms with Crippen LogP contribution in [0.4, 0.5) is 0 Å². The summed E-state index contributed by atoms with van der Waals surface area (Å²) in [5.41, 5.74) is 11.0. The molecule has 0 radical (unpaired) electrons. The maximum absolute atomic E-state index is 11.5. The van der Waals surface area contributed by atoms with E-state index >= 15 is 0 Å². The molecule has 0 heterocycles. The number of nitrogens with one attached hydrogen (secondary N) is 1. The summed E-state index contributed by atoms with van der Waals surface area (Å²) >= 11 is 0. The zero-order valence-corrected chi connectivity index (χ0v) is 12.5. The third-order valence-corrected chi connectivity index (χ3v) is 2.47. The van der Waals surface area contributed by atoms with Gasteiger partial charge in [0.05, 0.1) is 7.11 Å². The van der Waals surface area contributed by atoms with Crippen LogP contribution in [0.15, 0.2) is 12.2 Å². The average molecular weight is 315 g/mol. The molecule has 0 bridgehead atoms. The number of hydrogen-bond acceptors (Lipinski definition) is 8. The highest BCUT2D eigenvalue weighted by Gasteiger charge is 2.22. The Labute approximate surface area is 128 Å². The van der Waals surface area contributed by atoms with Gasteiger partial charge in [-0.2, -0.15) is 0 Å². The number of carbonyl (C=O) groups excluding carboxylic acids is 4. The topological polar surface area (TPSA) is 151 Å². The minimum atomic E-state index is -1.23. The molecule has 9 heteroatoms. The first-order valence-corrected chi connectivity index (χ1v) is 6.62. The number of carbonyl (C=O) groups is 4. The number of ether oxygens (including phenoxy) is 2. The molecule has 124 valence electrons. The zero-order valence-electron chi connectivity index (χ0n) is 12.5. The maximum Gasteiger partial charge on any atom is 0.332 e. The van der Waals surface area contributed by atoms with Crippen molar-refractivity contribution in [3.05, 3.63) is 12.2 Å². The molecular weight excluding hydrogens is 294 g/mol. The summed E-state index contributed by atoms with van der Waals surface area (Å²) < 4.78 is 8.80. The Kier molecular flexibility index (Phi) is 9.39. The Balaban J connectivity index is 4.20. The lowest BCUT2D eigenvalue weighted by atomic mass is 10.2. The van der Waals surface area contributed by atoms with Crippen molar-refractivity contribution < 1.29 is 28.7 Å². The molecule has 2 atom stereocenters. The van der Waals surface area contributed by atoms with Gasteiger partial charge in [0.1, 0.15) is 12.1 Å². The van der Waals surface area contributed by atoms with Gasteiger partial charge in [0, 0.05) is 18.7 Å². The Bertz CT molecular complexity index is 449. The van der Waals surface area contributed by atoms with Gasteiger partial charge in [-0.1, -0.05) is 13.3 Å². The minimum Gasteiger partial charge on any atom is -0.466 e. The lowest BCUT2D eigenvalue weighted by Gasteiger charge is -2.13. The van der Waals surface area contributed by atoms with Gasteiger partial charge < -0.3 is 26.3 Å². The van der Waals surface area contributed by atoms with E-state index in [-0.39, 0.29) is 6.54 Å². The summed E-state index contributed by atoms with van der Waals surface area (Å²) in [5.74, 6) is -3.20. The molecule has 0 aliphatic rings. The van der Waals surface area contributed by atoms with Gasteiger partial charge in [-0.25, -0.2) is 14.4 Å². The second kappa shape index (κ2) is 10.5. The highest BCUT2D eigenvalue weighted by atomic mass is 16.6. The van der Waals surface area contributed by atoms with Gasteiger partial charge in [0.15, 0.2) is 0 Å². The SMILES string of the molecule is CCCC(N)C(=O)OC(=O)[C@@H](N)CNC(=O)/C=C/C(=O)OC. The van der Waals surface area contributed by atoms with Crippen molar-refractivity contribution >= 4 is 23.8 Å². The molecule has 22 heavy (non-hydrogen) atoms. The van der Waals surface area contributed by atoms with Gasteiger partial charge in [-0.3, -0.25) is 4.79 Å². The average Bonchev–Trinajstić information content (AvgIpc) is 2.49. The fraction of sp³-hybridized carbons (Fsp3) is 0.538. The number of rotatable bonds is 8. The fourth-order valence-corrected chi connectivity index (χ4v) is 1.24. The maximum atomic E-state index is 11.5. The summed E-state index contributed by atoms with van der Waals surface area (Å²) in [6.07, 6.45) is 2.88. The summed E-state index contributed by atoms with van der Waals surface area (Å²) in [5, 5.41) is 2.27. The van der Waals surface area contributed by atoms with Crippen molar-refractivity contribution in [3.8, 4) is 0 Å². The molecule has 0 saturated carbocycles. The van der Waals surface area contributed by atoms with Gasteiger partial charge in [-0.15, -0.1) is 0 Å². The molecule has 9 nitrogen and oxygen atoms in total. The van der Waals surface area contributed by atoms with Crippen molar-refractivity contribution in [2.45, 2.75) is 31.8 Å². The normalized spacial score (nSPS) is 13.3. The van der Waals surface area contributed by atoms with Crippen molar-refractivity contribution in [1.82, 2.24) is 5.32 Å². The third-order valence-electron chi connectivity index (χ3n) is 2.47. The first-order valence-electron chi connectivity index (χ1n) is 6.62. The second-order valence-electron chi connectivity index (χ2n) is 4.34. The molecule has 0 aliphatic heterocycles. The molecule has 0 aromatic carbocycles. The van der Waals surface area contributed by atoms with Crippen molar-refractivity contribution in [2.24, 2.45) is 11.5 Å². The van der Waals surface area contributed by atoms with Crippen LogP contribution in [-0.4, -0.2) is 49.6 Å². The van der Waals surface area contributed by atoms with Crippen molar-refractivity contribution in [1.29, 1.82) is 0 Å². The van der Waals surface area contributed by atoms with E-state index in [9.17, 15) is 19.2 Å². The van der Waals surface area contributed by atoms with E-state index < -0.39 is 35.9 Å². The number of hydrogen-bond donors (Lipinski definition) is 3. The molecule has 1 amide bonds. The number of nitrogens with two attached hydrogens (primary N) is 2. The number of methoxy groups -OCH3 is 1. The Morgan fingerprint density at radius 2 is 1.68 bits per heavy atom. The highest BCUT2D eigenvalue weighted by Crippen LogP contribution is 1.97. The molecule has 5 N–H and O–H groups in total. The van der Waals surface area contributed by atoms with Crippen LogP contribution in [0.5, 0.6) is 0 Å². The van der Waals surface area contributed by atoms with Gasteiger partial charge in [-0.05, 0) is 6.42 Å². The zero-order chi connectivity index (χ0) is 17.1. The van der Waals surface area contributed by atoms with Crippen LogP contribution < -0.4 is 16.8 Å². The van der Waals surface area contributed by atoms with E-state index in [1.807, 2.05) is 6.92 Å². The van der Waals surface area contributed by atoms with Crippen LogP contribution in [-0.2, 0) is 28.7 Å². The van der Waals surface area contributed by atoms with E-state index in [0.29, 0.717) is 12.8 Å². The smallest absolute Gasteiger partial charge is 0.332 e. The van der Waals surface area contributed by atoms with Crippen LogP contribution in [0.3, 0.4) is 0 Å². The Hall–Kier alpha value is -2.26. The second-order valence-corrected chi connectivity index (χ2v) is 4.34. The van der Waals surface area contributed by atoms with Crippen molar-refractivity contribution in [3.63, 3.8) is 0 Å². The standard InChI is InChI=1S/C13H21N3O6/c1-3-4-8(14)12(19)22-13(20)9(15)7-16-10(17)5-6-11(18)21-2/h5-6,8-9H,3-4,7,14-15H2,1-2H3,(H,16,17)/b6-5+/t8?,9-/m0/s1. The fourth-order valence-electron chi connectivity index (χ4n) is 1.24. The predicted molar refractivity (Wildman–Crippen MR) is 76.1 cm³/mol. The Morgan fingerprint density at radius 3 is 2.23 bits per heavy atom. The molecule has 0 aromatic rings. The lowest BCUT2D eigenvalue weighted by Crippen LogP contribution is -2.45. The highest BCUT2D eigenvalue weighted by molar-refractivity contribution is 5.95. The summed E-state index contributed by atoms with van der Waals surface area (Å²) in [4.78, 5) is 45.0. The first kappa shape index (κ1) is 19.7. The molecule has 0 aromatic heterocycles. The van der Waals surface area contributed by atoms with E-state index in [1.165, 1.54) is 0 Å². The molecular formula is C13H21N3O6. The lowest BCUT2D eigenvalue weighted by molar-refractivity contribution is -0.161. The van der Waals surface area contributed by atoms with E-state index in [0.717, 1.165) is 19.3 Å². The molecule has 1 unspecified atom stereocenters. The van der Waals surface area contributed by atoms with E-state index in [4.69, 9.17) is 11.5 Å². The summed E-state index contributed by atoms with van der Waals surface area (Å²) in [6, 6.07) is -2.12. The predicted octanol–water partition coefficient (Wildman–Crippen LogP) is -1.64. The largest absolute Gasteiger partial charge is 0.466 e. The Morgan fingerprint density at radius 1 is 1.09 bits per heavy atom. The van der Waals surface area contributed by atoms with Gasteiger partial charge in [0.2, 0.25) is 5.91 Å². The number of amides is 1. The molecule has 0 aliphatic carbocycles. The van der Waals surface area contributed by atoms with E-state index in [1.54, 1.807) is 0 Å². The minimum absolute atomic E-state index is 0.264. The van der Waals surface area contributed by atoms with Crippen LogP contribution in [0.25, 0.3) is 0 Å². The molecule has 0 spiro atoms. The van der Waals surface area contributed by atoms with Crippen LogP contribution in [0.1, 0.15) is 19.8 Å². The van der Waals surface area contributed by atoms with E-state index in [2.05, 4.69) is 14.8 Å². The molecule has 0 rings (SSSR count). The summed E-state index contributed by atoms with van der Waals surface area (Å²) in [7, 11) is 1.16. The summed E-state index contributed by atoms with van der Waals surface area (Å²) in [6.45, 7) is 1.57. The molecule has 0 fully saturated rings. The van der Waals surface area contributed by atoms with Crippen LogP contribution >= 0.6 is 0 Å². The molecule has 0 saturated heterocycles. The van der Waals surface area contributed by atoms with Gasteiger partial charge in [0.25, 0.3) is 0 Å². The monoisotopic (exact) mass is 315 g/mol. The first-order chi connectivity index (χ1) is 10.3.